The highest BCUT2D eigenvalue weighted by atomic mass is 35.5. The van der Waals surface area contributed by atoms with Crippen molar-refractivity contribution in [2.45, 2.75) is 31.1 Å². The van der Waals surface area contributed by atoms with E-state index in [1.165, 1.54) is 18.2 Å². The first kappa shape index (κ1) is 12.3. The van der Waals surface area contributed by atoms with E-state index in [1.54, 1.807) is 0 Å². The van der Waals surface area contributed by atoms with Crippen molar-refractivity contribution in [2.75, 3.05) is 0 Å². The Labute approximate surface area is 102 Å². The van der Waals surface area contributed by atoms with Gasteiger partial charge in [0.2, 0.25) is 0 Å². The molecule has 0 unspecified atom stereocenters. The van der Waals surface area contributed by atoms with Gasteiger partial charge in [0.1, 0.15) is 0 Å². The summed E-state index contributed by atoms with van der Waals surface area (Å²) in [5.74, 6) is -0.930. The van der Waals surface area contributed by atoms with E-state index in [0.29, 0.717) is 23.4 Å². The van der Waals surface area contributed by atoms with Gasteiger partial charge in [-0.25, -0.2) is 8.78 Å². The molecule has 0 bridgehead atoms. The number of rotatable bonds is 4. The predicted octanol–water partition coefficient (Wildman–Crippen LogP) is 3.78. The van der Waals surface area contributed by atoms with Gasteiger partial charge >= 0.3 is 5.97 Å². The average Bonchev–Trinajstić information content (AvgIpc) is 2.97. The van der Waals surface area contributed by atoms with Crippen LogP contribution >= 0.6 is 11.6 Å². The molecule has 0 amide bonds. The first-order valence-electron chi connectivity index (χ1n) is 5.24. The van der Waals surface area contributed by atoms with Crippen molar-refractivity contribution in [1.29, 1.82) is 0 Å². The number of carboxylic acids is 1. The molecule has 0 aromatic heterocycles. The molecule has 0 radical (unpaired) electrons. The molecule has 17 heavy (non-hydrogen) atoms. The maximum absolute atomic E-state index is 12.6. The molecule has 1 N–H and O–H groups in total. The Bertz CT molecular complexity index is 456. The molecule has 2 rings (SSSR count). The summed E-state index contributed by atoms with van der Waals surface area (Å²) in [7, 11) is 0. The number of carbonyl (C=O) groups is 1. The lowest BCUT2D eigenvalue weighted by atomic mass is 9.91. The zero-order valence-electron chi connectivity index (χ0n) is 8.92. The molecular formula is C12H11ClF2O2. The largest absolute Gasteiger partial charge is 0.481 e. The lowest BCUT2D eigenvalue weighted by Crippen LogP contribution is -2.13. The summed E-state index contributed by atoms with van der Waals surface area (Å²) in [6.07, 6.45) is -1.25. The van der Waals surface area contributed by atoms with Gasteiger partial charge < -0.3 is 5.11 Å². The molecule has 2 nitrogen and oxygen atoms in total. The molecule has 1 aliphatic carbocycles. The zero-order chi connectivity index (χ0) is 12.6. The van der Waals surface area contributed by atoms with E-state index in [9.17, 15) is 13.6 Å². The second-order valence-corrected chi connectivity index (χ2v) is 4.80. The fraction of sp³-hybridized carbons (Fsp3) is 0.417. The van der Waals surface area contributed by atoms with Gasteiger partial charge in [-0.3, -0.25) is 4.79 Å². The maximum Gasteiger partial charge on any atom is 0.304 e. The van der Waals surface area contributed by atoms with Crippen molar-refractivity contribution in [3.05, 3.63) is 34.3 Å². The van der Waals surface area contributed by atoms with Gasteiger partial charge in [-0.05, 0) is 30.5 Å². The van der Waals surface area contributed by atoms with Crippen molar-refractivity contribution in [3.8, 4) is 0 Å². The molecular weight excluding hydrogens is 250 g/mol. The summed E-state index contributed by atoms with van der Waals surface area (Å²) < 4.78 is 25.2. The van der Waals surface area contributed by atoms with Gasteiger partial charge in [0.05, 0.1) is 6.42 Å². The molecule has 0 saturated heterocycles. The van der Waals surface area contributed by atoms with Gasteiger partial charge in [-0.15, -0.1) is 0 Å². The average molecular weight is 261 g/mol. The van der Waals surface area contributed by atoms with Crippen LogP contribution in [0.2, 0.25) is 5.02 Å². The van der Waals surface area contributed by atoms with Gasteiger partial charge in [0, 0.05) is 16.0 Å². The number of benzene rings is 1. The van der Waals surface area contributed by atoms with Gasteiger partial charge in [0.25, 0.3) is 6.43 Å². The Balaban J connectivity index is 2.37. The molecule has 0 aliphatic heterocycles. The zero-order valence-corrected chi connectivity index (χ0v) is 9.68. The smallest absolute Gasteiger partial charge is 0.304 e. The molecule has 5 heteroatoms. The Hall–Kier alpha value is -1.16. The van der Waals surface area contributed by atoms with E-state index in [0.717, 1.165) is 0 Å². The molecule has 1 aromatic carbocycles. The molecule has 1 aromatic rings. The van der Waals surface area contributed by atoms with Gasteiger partial charge in [0.15, 0.2) is 0 Å². The Morgan fingerprint density at radius 3 is 2.59 bits per heavy atom. The van der Waals surface area contributed by atoms with Gasteiger partial charge in [-0.2, -0.15) is 0 Å². The fourth-order valence-electron chi connectivity index (χ4n) is 2.07. The first-order valence-corrected chi connectivity index (χ1v) is 5.62. The normalized spacial score (nSPS) is 17.2. The van der Waals surface area contributed by atoms with E-state index < -0.39 is 17.8 Å². The number of aliphatic carboxylic acids is 1. The third-order valence-electron chi connectivity index (χ3n) is 3.16. The Morgan fingerprint density at radius 2 is 2.12 bits per heavy atom. The van der Waals surface area contributed by atoms with Crippen molar-refractivity contribution in [3.63, 3.8) is 0 Å². The molecule has 0 atom stereocenters. The van der Waals surface area contributed by atoms with Crippen LogP contribution in [0.25, 0.3) is 0 Å². The van der Waals surface area contributed by atoms with Crippen molar-refractivity contribution in [1.82, 2.24) is 0 Å². The Morgan fingerprint density at radius 1 is 1.47 bits per heavy atom. The van der Waals surface area contributed by atoms with E-state index in [1.807, 2.05) is 0 Å². The van der Waals surface area contributed by atoms with E-state index in [2.05, 4.69) is 0 Å². The van der Waals surface area contributed by atoms with Crippen LogP contribution < -0.4 is 0 Å². The van der Waals surface area contributed by atoms with Crippen LogP contribution in [-0.2, 0) is 10.2 Å². The van der Waals surface area contributed by atoms with E-state index in [4.69, 9.17) is 16.7 Å². The lowest BCUT2D eigenvalue weighted by molar-refractivity contribution is -0.137. The molecule has 0 heterocycles. The monoisotopic (exact) mass is 260 g/mol. The highest BCUT2D eigenvalue weighted by Gasteiger charge is 2.47. The maximum atomic E-state index is 12.6. The van der Waals surface area contributed by atoms with Gasteiger partial charge in [-0.1, -0.05) is 17.7 Å². The van der Waals surface area contributed by atoms with Crippen LogP contribution in [0, 0.1) is 0 Å². The second-order valence-electron chi connectivity index (χ2n) is 4.39. The quantitative estimate of drug-likeness (QED) is 0.894. The van der Waals surface area contributed by atoms with E-state index >= 15 is 0 Å². The SMILES string of the molecule is O=C(O)CC1(c2cc(C(F)F)ccc2Cl)CC1. The summed E-state index contributed by atoms with van der Waals surface area (Å²) in [6.45, 7) is 0. The summed E-state index contributed by atoms with van der Waals surface area (Å²) in [6, 6.07) is 4.02. The summed E-state index contributed by atoms with van der Waals surface area (Å²) in [5.41, 5.74) is -0.103. The third kappa shape index (κ3) is 2.41. The molecule has 1 fully saturated rings. The fourth-order valence-corrected chi connectivity index (χ4v) is 2.38. The summed E-state index contributed by atoms with van der Waals surface area (Å²) in [4.78, 5) is 10.8. The summed E-state index contributed by atoms with van der Waals surface area (Å²) >= 11 is 5.97. The highest BCUT2D eigenvalue weighted by molar-refractivity contribution is 6.31. The van der Waals surface area contributed by atoms with Crippen LogP contribution in [-0.4, -0.2) is 11.1 Å². The van der Waals surface area contributed by atoms with Crippen LogP contribution in [0.3, 0.4) is 0 Å². The molecule has 0 spiro atoms. The van der Waals surface area contributed by atoms with Crippen LogP contribution in [0.1, 0.15) is 36.8 Å². The standard InChI is InChI=1S/C12H11ClF2O2/c13-9-2-1-7(11(14)15)5-8(9)12(3-4-12)6-10(16)17/h1-2,5,11H,3-4,6H2,(H,16,17). The number of halogens is 3. The van der Waals surface area contributed by atoms with Crippen molar-refractivity contribution >= 4 is 17.6 Å². The Kier molecular flexibility index (Phi) is 3.08. The first-order chi connectivity index (χ1) is 7.94. The summed E-state index contributed by atoms with van der Waals surface area (Å²) in [5, 5.41) is 9.20. The van der Waals surface area contributed by atoms with Crippen LogP contribution in [0.4, 0.5) is 8.78 Å². The molecule has 1 saturated carbocycles. The highest BCUT2D eigenvalue weighted by Crippen LogP contribution is 2.53. The minimum atomic E-state index is -2.56. The number of carboxylic acid groups (broad SMARTS) is 1. The van der Waals surface area contributed by atoms with Crippen LogP contribution in [0.15, 0.2) is 18.2 Å². The van der Waals surface area contributed by atoms with Crippen LogP contribution in [0.5, 0.6) is 0 Å². The molecule has 92 valence electrons. The minimum absolute atomic E-state index is 0.0561. The number of hydrogen-bond acceptors (Lipinski definition) is 1. The number of hydrogen-bond donors (Lipinski definition) is 1. The van der Waals surface area contributed by atoms with Crippen molar-refractivity contribution in [2.24, 2.45) is 0 Å². The molecule has 1 aliphatic rings. The number of alkyl halides is 2. The lowest BCUT2D eigenvalue weighted by Gasteiger charge is -2.16. The van der Waals surface area contributed by atoms with Crippen molar-refractivity contribution < 1.29 is 18.7 Å². The minimum Gasteiger partial charge on any atom is -0.481 e. The second kappa shape index (κ2) is 4.26. The van der Waals surface area contributed by atoms with E-state index in [-0.39, 0.29) is 12.0 Å². The predicted molar refractivity (Wildman–Crippen MR) is 59.6 cm³/mol. The third-order valence-corrected chi connectivity index (χ3v) is 3.49. The topological polar surface area (TPSA) is 37.3 Å².